The summed E-state index contributed by atoms with van der Waals surface area (Å²) in [5, 5.41) is 16.6. The number of rotatable bonds is 8. The summed E-state index contributed by atoms with van der Waals surface area (Å²) in [7, 11) is 0. The lowest BCUT2D eigenvalue weighted by molar-refractivity contribution is -0.906. The molecule has 2 heterocycles. The van der Waals surface area contributed by atoms with E-state index in [1.807, 2.05) is 24.3 Å². The van der Waals surface area contributed by atoms with Gasteiger partial charge in [0.05, 0.1) is 36.7 Å². The lowest BCUT2D eigenvalue weighted by atomic mass is 9.96. The molecule has 0 radical (unpaired) electrons. The van der Waals surface area contributed by atoms with Crippen molar-refractivity contribution >= 4 is 23.2 Å². The molecule has 2 aliphatic rings. The number of benzene rings is 2. The Bertz CT molecular complexity index is 1320. The summed E-state index contributed by atoms with van der Waals surface area (Å²) < 4.78 is 16.3. The number of aromatic nitrogens is 2. The molecule has 1 aliphatic carbocycles. The summed E-state index contributed by atoms with van der Waals surface area (Å²) in [5.74, 6) is -0.0521. The number of hydrogen-bond acceptors (Lipinski definition) is 4. The molecule has 1 saturated heterocycles. The van der Waals surface area contributed by atoms with E-state index in [4.69, 9.17) is 0 Å². The number of fused-ring (bicyclic) bond motifs is 1. The summed E-state index contributed by atoms with van der Waals surface area (Å²) in [6, 6.07) is 12.6. The number of nitrogens with zero attached hydrogens (tertiary/aromatic N) is 2. The van der Waals surface area contributed by atoms with E-state index in [1.54, 1.807) is 16.7 Å². The molecule has 5 rings (SSSR count). The third-order valence-corrected chi connectivity index (χ3v) is 7.60. The second kappa shape index (κ2) is 10.8. The van der Waals surface area contributed by atoms with Crippen LogP contribution in [0.3, 0.4) is 0 Å². The zero-order valence-corrected chi connectivity index (χ0v) is 20.6. The van der Waals surface area contributed by atoms with Crippen LogP contribution in [-0.2, 0) is 0 Å². The first-order valence-corrected chi connectivity index (χ1v) is 13.0. The van der Waals surface area contributed by atoms with Gasteiger partial charge in [-0.3, -0.25) is 4.57 Å². The maximum atomic E-state index is 13.3. The number of likely N-dealkylation sites (tertiary alicyclic amines) is 1. The van der Waals surface area contributed by atoms with E-state index in [0.29, 0.717) is 30.0 Å². The van der Waals surface area contributed by atoms with E-state index < -0.39 is 12.1 Å². The molecule has 2 aromatic carbocycles. The van der Waals surface area contributed by atoms with Crippen LogP contribution in [0.5, 0.6) is 0 Å². The second-order valence-electron chi connectivity index (χ2n) is 10.2. The molecule has 1 aliphatic heterocycles. The number of imidazole rings is 1. The van der Waals surface area contributed by atoms with Gasteiger partial charge in [0.1, 0.15) is 11.9 Å². The minimum atomic E-state index is -1.35. The van der Waals surface area contributed by atoms with Gasteiger partial charge in [-0.15, -0.1) is 0 Å². The largest absolute Gasteiger partial charge is 0.530 e. The first-order valence-electron chi connectivity index (χ1n) is 13.0. The predicted octanol–water partition coefficient (Wildman–Crippen LogP) is 1.19. The van der Waals surface area contributed by atoms with E-state index in [9.17, 15) is 23.9 Å². The van der Waals surface area contributed by atoms with Gasteiger partial charge in [0.2, 0.25) is 0 Å². The monoisotopic (exact) mass is 509 g/mol. The molecular formula is C27H32FN5O4. The summed E-state index contributed by atoms with van der Waals surface area (Å²) in [4.78, 5) is 38.5. The van der Waals surface area contributed by atoms with Crippen LogP contribution in [-0.4, -0.2) is 47.4 Å². The molecule has 0 spiro atoms. The third-order valence-electron chi connectivity index (χ3n) is 7.60. The van der Waals surface area contributed by atoms with Gasteiger partial charge in [-0.05, 0) is 48.6 Å². The van der Waals surface area contributed by atoms with E-state index in [-0.39, 0.29) is 23.6 Å². The van der Waals surface area contributed by atoms with Crippen LogP contribution in [0.1, 0.15) is 49.8 Å². The molecule has 3 N–H and O–H groups in total. The highest BCUT2D eigenvalue weighted by molar-refractivity contribution is 5.89. The van der Waals surface area contributed by atoms with E-state index in [0.717, 1.165) is 50.8 Å². The number of carbonyl (C=O) groups excluding carboxylic acids is 2. The Labute approximate surface area is 213 Å². The molecule has 2 amide bonds. The van der Waals surface area contributed by atoms with Crippen LogP contribution in [0.2, 0.25) is 0 Å². The number of quaternary nitrogens is 1. The highest BCUT2D eigenvalue weighted by Gasteiger charge is 2.30. The van der Waals surface area contributed by atoms with Crippen LogP contribution in [0.4, 0.5) is 14.0 Å². The van der Waals surface area contributed by atoms with Crippen molar-refractivity contribution in [3.63, 3.8) is 0 Å². The van der Waals surface area contributed by atoms with Crippen molar-refractivity contribution in [2.24, 2.45) is 5.92 Å². The fourth-order valence-electron chi connectivity index (χ4n) is 5.41. The average Bonchev–Trinajstić information content (AvgIpc) is 3.68. The van der Waals surface area contributed by atoms with Crippen molar-refractivity contribution in [2.75, 3.05) is 26.2 Å². The number of nitrogens with one attached hydrogen (secondary N) is 3. The smallest absolute Gasteiger partial charge is 0.337 e. The number of amides is 2. The molecule has 9 nitrogen and oxygen atoms in total. The topological polar surface area (TPSA) is 113 Å². The van der Waals surface area contributed by atoms with Gasteiger partial charge < -0.3 is 25.4 Å². The molecular weight excluding hydrogens is 477 g/mol. The van der Waals surface area contributed by atoms with Crippen LogP contribution < -0.4 is 26.3 Å². The Morgan fingerprint density at radius 3 is 2.35 bits per heavy atom. The lowest BCUT2D eigenvalue weighted by Crippen LogP contribution is -3.13. The Balaban J connectivity index is 1.13. The van der Waals surface area contributed by atoms with Crippen molar-refractivity contribution < 1.29 is 24.0 Å². The molecule has 1 saturated carbocycles. The van der Waals surface area contributed by atoms with Gasteiger partial charge in [-0.25, -0.2) is 18.5 Å². The number of carboxylic acid groups (broad SMARTS) is 1. The van der Waals surface area contributed by atoms with Gasteiger partial charge in [0, 0.05) is 31.8 Å². The summed E-state index contributed by atoms with van der Waals surface area (Å²) in [5.41, 5.74) is 1.87. The third kappa shape index (κ3) is 5.69. The number of halogens is 1. The fourth-order valence-corrected chi connectivity index (χ4v) is 5.41. The van der Waals surface area contributed by atoms with Crippen LogP contribution in [0.25, 0.3) is 11.0 Å². The highest BCUT2D eigenvalue weighted by Crippen LogP contribution is 2.36. The maximum Gasteiger partial charge on any atom is 0.337 e. The Kier molecular flexibility index (Phi) is 7.27. The van der Waals surface area contributed by atoms with Gasteiger partial charge >= 0.3 is 11.7 Å². The minimum absolute atomic E-state index is 0.184. The van der Waals surface area contributed by atoms with E-state index >= 15 is 0 Å². The summed E-state index contributed by atoms with van der Waals surface area (Å²) in [6.07, 6.45) is 2.99. The summed E-state index contributed by atoms with van der Waals surface area (Å²) in [6.45, 7) is 3.08. The zero-order chi connectivity index (χ0) is 25.9. The molecule has 3 aromatic rings. The first-order chi connectivity index (χ1) is 17.9. The standard InChI is InChI=1S/C27H32FN5O4/c28-20-7-5-19(6-8-20)22(30-26(35)36)13-16-31-14-11-18(12-15-31)17-29-25(34)33-24-4-2-1-3-23(24)32(27(33)37)21-9-10-21/h1-8,18,21-22,30H,9-17H2,(H,29,34)(H,35,36). The molecule has 10 heteroatoms. The molecule has 196 valence electrons. The predicted molar refractivity (Wildman–Crippen MR) is 134 cm³/mol. The quantitative estimate of drug-likeness (QED) is 0.424. The summed E-state index contributed by atoms with van der Waals surface area (Å²) >= 11 is 0. The number of carbonyl (C=O) groups is 2. The SMILES string of the molecule is O=C([O-])NC(CC[NH+]1CCC(CNC(=O)n2c(=O)n(C3CC3)c3ccccc32)CC1)c1ccc(F)cc1. The second-order valence-corrected chi connectivity index (χ2v) is 10.2. The van der Waals surface area contributed by atoms with Crippen LogP contribution >= 0.6 is 0 Å². The highest BCUT2D eigenvalue weighted by atomic mass is 19.1. The van der Waals surface area contributed by atoms with Crippen molar-refractivity contribution in [2.45, 2.75) is 44.2 Å². The van der Waals surface area contributed by atoms with Crippen molar-refractivity contribution in [1.29, 1.82) is 0 Å². The van der Waals surface area contributed by atoms with Crippen molar-refractivity contribution in [3.8, 4) is 0 Å². The maximum absolute atomic E-state index is 13.3. The lowest BCUT2D eigenvalue weighted by Gasteiger charge is -2.31. The average molecular weight is 510 g/mol. The number of hydrogen-bond donors (Lipinski definition) is 3. The molecule has 1 unspecified atom stereocenters. The fraction of sp³-hybridized carbons (Fsp3) is 0.444. The van der Waals surface area contributed by atoms with E-state index in [1.165, 1.54) is 21.6 Å². The molecule has 37 heavy (non-hydrogen) atoms. The minimum Gasteiger partial charge on any atom is -0.530 e. The van der Waals surface area contributed by atoms with E-state index in [2.05, 4.69) is 10.6 Å². The zero-order valence-electron chi connectivity index (χ0n) is 20.6. The number of piperidine rings is 1. The normalized spacial score (nSPS) is 20.5. The molecule has 2 fully saturated rings. The van der Waals surface area contributed by atoms with Crippen LogP contribution in [0.15, 0.2) is 53.3 Å². The van der Waals surface area contributed by atoms with Crippen molar-refractivity contribution in [3.05, 3.63) is 70.4 Å². The first kappa shape index (κ1) is 25.0. The Morgan fingerprint density at radius 1 is 1.03 bits per heavy atom. The van der Waals surface area contributed by atoms with Crippen LogP contribution in [0, 0.1) is 11.7 Å². The van der Waals surface area contributed by atoms with Gasteiger partial charge in [0.15, 0.2) is 0 Å². The Morgan fingerprint density at radius 2 is 1.70 bits per heavy atom. The Hall–Kier alpha value is -3.66. The van der Waals surface area contributed by atoms with Gasteiger partial charge in [0.25, 0.3) is 0 Å². The van der Waals surface area contributed by atoms with Gasteiger partial charge in [-0.2, -0.15) is 0 Å². The molecule has 1 aromatic heterocycles. The molecule has 0 bridgehead atoms. The molecule has 1 atom stereocenters. The van der Waals surface area contributed by atoms with Gasteiger partial charge in [-0.1, -0.05) is 24.3 Å². The number of para-hydroxylation sites is 2. The van der Waals surface area contributed by atoms with Crippen molar-refractivity contribution in [1.82, 2.24) is 19.8 Å².